The standard InChI is InChI=1S/C22H32N6O4S2/c1-15-20(16(2)26(3)25-15)34(31,32)27-10-11-28(19(29)14-27)18(13-17-7-5-4-6-8-17)21(30)24-22-23-9-12-33-22/h9,12,17-18H,4-8,10-11,13-14H2,1-3H3,(H,23,24,30). The molecule has 1 N–H and O–H groups in total. The van der Waals surface area contributed by atoms with Gasteiger partial charge in [0.15, 0.2) is 5.13 Å². The molecule has 1 unspecified atom stereocenters. The highest BCUT2D eigenvalue weighted by Crippen LogP contribution is 2.31. The number of aromatic nitrogens is 3. The summed E-state index contributed by atoms with van der Waals surface area (Å²) in [6.45, 7) is 3.36. The highest BCUT2D eigenvalue weighted by atomic mass is 32.2. The summed E-state index contributed by atoms with van der Waals surface area (Å²) in [7, 11) is -2.18. The Morgan fingerprint density at radius 2 is 1.97 bits per heavy atom. The fraction of sp³-hybridized carbons (Fsp3) is 0.636. The van der Waals surface area contributed by atoms with Gasteiger partial charge in [0.2, 0.25) is 21.8 Å². The molecule has 2 amide bonds. The normalized spacial score (nSPS) is 19.4. The van der Waals surface area contributed by atoms with Gasteiger partial charge in [0.05, 0.1) is 17.9 Å². The highest BCUT2D eigenvalue weighted by Gasteiger charge is 2.40. The van der Waals surface area contributed by atoms with E-state index in [1.165, 1.54) is 26.7 Å². The Morgan fingerprint density at radius 1 is 1.24 bits per heavy atom. The van der Waals surface area contributed by atoms with E-state index in [1.54, 1.807) is 37.4 Å². The van der Waals surface area contributed by atoms with Gasteiger partial charge >= 0.3 is 0 Å². The molecule has 10 nitrogen and oxygen atoms in total. The smallest absolute Gasteiger partial charge is 0.248 e. The first-order chi connectivity index (χ1) is 16.2. The molecular weight excluding hydrogens is 476 g/mol. The molecule has 2 aromatic heterocycles. The maximum Gasteiger partial charge on any atom is 0.248 e. The lowest BCUT2D eigenvalue weighted by molar-refractivity contribution is -0.142. The maximum atomic E-state index is 13.3. The maximum absolute atomic E-state index is 13.3. The van der Waals surface area contributed by atoms with Gasteiger partial charge < -0.3 is 10.2 Å². The Kier molecular flexibility index (Phi) is 7.39. The SMILES string of the molecule is Cc1nn(C)c(C)c1S(=O)(=O)N1CCN(C(CC2CCCCC2)C(=O)Nc2nccs2)C(=O)C1. The largest absolute Gasteiger partial charge is 0.328 e. The molecule has 0 radical (unpaired) electrons. The van der Waals surface area contributed by atoms with Crippen molar-refractivity contribution in [2.45, 2.75) is 63.3 Å². The number of anilines is 1. The van der Waals surface area contributed by atoms with Crippen molar-refractivity contribution in [3.63, 3.8) is 0 Å². The molecule has 4 rings (SSSR count). The minimum Gasteiger partial charge on any atom is -0.328 e. The first kappa shape index (κ1) is 24.8. The quantitative estimate of drug-likeness (QED) is 0.613. The second-order valence-electron chi connectivity index (χ2n) is 9.13. The van der Waals surface area contributed by atoms with Crippen LogP contribution in [0.4, 0.5) is 5.13 Å². The van der Waals surface area contributed by atoms with Gasteiger partial charge in [-0.05, 0) is 26.2 Å². The fourth-order valence-electron chi connectivity index (χ4n) is 5.04. The number of amides is 2. The number of piperazine rings is 1. The van der Waals surface area contributed by atoms with Crippen molar-refractivity contribution in [2.75, 3.05) is 25.0 Å². The minimum atomic E-state index is -3.88. The van der Waals surface area contributed by atoms with Crippen molar-refractivity contribution in [1.82, 2.24) is 24.0 Å². The second kappa shape index (κ2) is 10.1. The number of hydrogen-bond acceptors (Lipinski definition) is 7. The first-order valence-electron chi connectivity index (χ1n) is 11.7. The lowest BCUT2D eigenvalue weighted by atomic mass is 9.84. The topological polar surface area (TPSA) is 118 Å². The Balaban J connectivity index is 1.53. The van der Waals surface area contributed by atoms with E-state index in [9.17, 15) is 18.0 Å². The predicted molar refractivity (Wildman–Crippen MR) is 129 cm³/mol. The second-order valence-corrected chi connectivity index (χ2v) is 11.9. The predicted octanol–water partition coefficient (Wildman–Crippen LogP) is 2.30. The van der Waals surface area contributed by atoms with Gasteiger partial charge in [-0.1, -0.05) is 32.1 Å². The molecule has 186 valence electrons. The first-order valence-corrected chi connectivity index (χ1v) is 14.0. The van der Waals surface area contributed by atoms with E-state index in [4.69, 9.17) is 0 Å². The van der Waals surface area contributed by atoms with E-state index in [0.717, 1.165) is 25.7 Å². The molecular formula is C22H32N6O4S2. The summed E-state index contributed by atoms with van der Waals surface area (Å²) in [6.07, 6.45) is 7.76. The zero-order chi connectivity index (χ0) is 24.5. The van der Waals surface area contributed by atoms with Gasteiger partial charge in [0.25, 0.3) is 0 Å². The zero-order valence-corrected chi connectivity index (χ0v) is 21.5. The Labute approximate surface area is 204 Å². The van der Waals surface area contributed by atoms with Crippen molar-refractivity contribution in [1.29, 1.82) is 0 Å². The van der Waals surface area contributed by atoms with Crippen molar-refractivity contribution < 1.29 is 18.0 Å². The summed E-state index contributed by atoms with van der Waals surface area (Å²) in [6, 6.07) is -0.647. The third kappa shape index (κ3) is 5.03. The van der Waals surface area contributed by atoms with Crippen LogP contribution in [0.2, 0.25) is 0 Å². The van der Waals surface area contributed by atoms with Crippen molar-refractivity contribution in [3.8, 4) is 0 Å². The molecule has 0 aromatic carbocycles. The molecule has 2 fully saturated rings. The van der Waals surface area contributed by atoms with Gasteiger partial charge in [0.1, 0.15) is 10.9 Å². The molecule has 2 aliphatic rings. The highest BCUT2D eigenvalue weighted by molar-refractivity contribution is 7.89. The fourth-order valence-corrected chi connectivity index (χ4v) is 7.36. The minimum absolute atomic E-state index is 0.132. The number of hydrogen-bond donors (Lipinski definition) is 1. The molecule has 3 heterocycles. The van der Waals surface area contributed by atoms with Crippen LogP contribution in [0.25, 0.3) is 0 Å². The number of rotatable bonds is 7. The van der Waals surface area contributed by atoms with E-state index < -0.39 is 16.1 Å². The van der Waals surface area contributed by atoms with Crippen LogP contribution >= 0.6 is 11.3 Å². The molecule has 0 spiro atoms. The van der Waals surface area contributed by atoms with Crippen LogP contribution in [0.3, 0.4) is 0 Å². The van der Waals surface area contributed by atoms with Gasteiger partial charge in [-0.3, -0.25) is 14.3 Å². The molecule has 2 aromatic rings. The summed E-state index contributed by atoms with van der Waals surface area (Å²) in [4.78, 5) is 32.3. The van der Waals surface area contributed by atoms with Gasteiger partial charge in [-0.25, -0.2) is 13.4 Å². The molecule has 34 heavy (non-hydrogen) atoms. The summed E-state index contributed by atoms with van der Waals surface area (Å²) in [5.74, 6) is -0.246. The molecule has 0 bridgehead atoms. The van der Waals surface area contributed by atoms with Crippen LogP contribution in [0.5, 0.6) is 0 Å². The average molecular weight is 509 g/mol. The third-order valence-electron chi connectivity index (χ3n) is 6.89. The van der Waals surface area contributed by atoms with Crippen LogP contribution in [-0.4, -0.2) is 69.9 Å². The molecule has 1 saturated carbocycles. The number of sulfonamides is 1. The van der Waals surface area contributed by atoms with Crippen LogP contribution < -0.4 is 5.32 Å². The summed E-state index contributed by atoms with van der Waals surface area (Å²) < 4.78 is 29.4. The number of thiazole rings is 1. The van der Waals surface area contributed by atoms with E-state index in [0.29, 0.717) is 28.9 Å². The van der Waals surface area contributed by atoms with Crippen molar-refractivity contribution >= 4 is 38.3 Å². The Bertz CT molecular complexity index is 1140. The zero-order valence-electron chi connectivity index (χ0n) is 19.9. The van der Waals surface area contributed by atoms with E-state index in [-0.39, 0.29) is 36.3 Å². The Morgan fingerprint density at radius 3 is 2.56 bits per heavy atom. The third-order valence-corrected chi connectivity index (χ3v) is 9.67. The molecule has 1 atom stereocenters. The van der Waals surface area contributed by atoms with E-state index >= 15 is 0 Å². The van der Waals surface area contributed by atoms with E-state index in [2.05, 4.69) is 15.4 Å². The summed E-state index contributed by atoms with van der Waals surface area (Å²) in [5.41, 5.74) is 0.943. The summed E-state index contributed by atoms with van der Waals surface area (Å²) >= 11 is 1.33. The Hall–Kier alpha value is -2.31. The van der Waals surface area contributed by atoms with Gasteiger partial charge in [-0.2, -0.15) is 9.40 Å². The van der Waals surface area contributed by atoms with Crippen molar-refractivity contribution in [2.24, 2.45) is 13.0 Å². The van der Waals surface area contributed by atoms with Crippen LogP contribution in [0.1, 0.15) is 49.9 Å². The molecule has 12 heteroatoms. The lowest BCUT2D eigenvalue weighted by Gasteiger charge is -2.39. The molecule has 1 saturated heterocycles. The van der Waals surface area contributed by atoms with Crippen molar-refractivity contribution in [3.05, 3.63) is 23.0 Å². The number of nitrogens with one attached hydrogen (secondary N) is 1. The number of aryl methyl sites for hydroxylation is 2. The number of carbonyl (C=O) groups excluding carboxylic acids is 2. The molecule has 1 aliphatic heterocycles. The van der Waals surface area contributed by atoms with Crippen LogP contribution in [0.15, 0.2) is 16.5 Å². The lowest BCUT2D eigenvalue weighted by Crippen LogP contribution is -2.58. The van der Waals surface area contributed by atoms with E-state index in [1.807, 2.05) is 0 Å². The van der Waals surface area contributed by atoms with Crippen LogP contribution in [-0.2, 0) is 26.7 Å². The van der Waals surface area contributed by atoms with Gasteiger partial charge in [-0.15, -0.1) is 11.3 Å². The average Bonchev–Trinajstić information content (AvgIpc) is 3.40. The number of carbonyl (C=O) groups is 2. The summed E-state index contributed by atoms with van der Waals surface area (Å²) in [5, 5.41) is 9.34. The number of nitrogens with zero attached hydrogens (tertiary/aromatic N) is 5. The monoisotopic (exact) mass is 508 g/mol. The van der Waals surface area contributed by atoms with Crippen LogP contribution in [0, 0.1) is 19.8 Å². The molecule has 1 aliphatic carbocycles. The van der Waals surface area contributed by atoms with Gasteiger partial charge in [0, 0.05) is 31.7 Å².